The number of pyridine rings is 1. The van der Waals surface area contributed by atoms with Crippen LogP contribution in [0.3, 0.4) is 0 Å². The molecule has 1 aromatic carbocycles. The lowest BCUT2D eigenvalue weighted by atomic mass is 10.2. The molecule has 0 aliphatic carbocycles. The first-order valence-corrected chi connectivity index (χ1v) is 7.60. The van der Waals surface area contributed by atoms with Gasteiger partial charge in [0, 0.05) is 25.5 Å². The van der Waals surface area contributed by atoms with Gasteiger partial charge in [-0.1, -0.05) is 23.7 Å². The van der Waals surface area contributed by atoms with E-state index in [1.807, 2.05) is 37.3 Å². The zero-order valence-electron chi connectivity index (χ0n) is 12.1. The van der Waals surface area contributed by atoms with Crippen LogP contribution in [0, 0.1) is 6.92 Å². The fourth-order valence-electron chi connectivity index (χ4n) is 2.01. The van der Waals surface area contributed by atoms with Crippen molar-refractivity contribution in [1.82, 2.24) is 9.88 Å². The summed E-state index contributed by atoms with van der Waals surface area (Å²) < 4.78 is 0. The lowest BCUT2D eigenvalue weighted by Gasteiger charge is -2.25. The van der Waals surface area contributed by atoms with Gasteiger partial charge in [0.15, 0.2) is 5.11 Å². The van der Waals surface area contributed by atoms with Gasteiger partial charge in [-0.2, -0.15) is 0 Å². The van der Waals surface area contributed by atoms with Crippen molar-refractivity contribution in [1.29, 1.82) is 0 Å². The number of nitrogens with one attached hydrogen (secondary N) is 1. The van der Waals surface area contributed by atoms with Crippen LogP contribution in [0.4, 0.5) is 5.69 Å². The number of hydrogen-bond acceptors (Lipinski definition) is 2. The standard InChI is InChI=1S/C16H18ClN3S/c1-3-20(11-13-7-9-18-10-8-13)16(21)19-15-12(2)5-4-6-14(15)17/h4-10H,3,11H2,1-2H3,(H,19,21). The molecule has 0 spiro atoms. The van der Waals surface area contributed by atoms with Gasteiger partial charge in [-0.3, -0.25) is 4.98 Å². The van der Waals surface area contributed by atoms with Crippen molar-refractivity contribution in [2.45, 2.75) is 20.4 Å². The Balaban J connectivity index is 2.10. The molecule has 21 heavy (non-hydrogen) atoms. The molecule has 2 rings (SSSR count). The van der Waals surface area contributed by atoms with Gasteiger partial charge in [-0.15, -0.1) is 0 Å². The summed E-state index contributed by atoms with van der Waals surface area (Å²) in [6.45, 7) is 5.65. The molecular formula is C16H18ClN3S. The highest BCUT2D eigenvalue weighted by Crippen LogP contribution is 2.25. The number of aryl methyl sites for hydroxylation is 1. The number of thiocarbonyl (C=S) groups is 1. The molecule has 1 N–H and O–H groups in total. The number of nitrogens with zero attached hydrogens (tertiary/aromatic N) is 2. The van der Waals surface area contributed by atoms with E-state index in [2.05, 4.69) is 22.1 Å². The molecule has 0 bridgehead atoms. The lowest BCUT2D eigenvalue weighted by Crippen LogP contribution is -2.34. The van der Waals surface area contributed by atoms with Gasteiger partial charge in [0.25, 0.3) is 0 Å². The fraction of sp³-hybridized carbons (Fsp3) is 0.250. The van der Waals surface area contributed by atoms with Crippen LogP contribution in [-0.4, -0.2) is 21.5 Å². The van der Waals surface area contributed by atoms with Crippen molar-refractivity contribution in [2.75, 3.05) is 11.9 Å². The maximum absolute atomic E-state index is 6.23. The van der Waals surface area contributed by atoms with Gasteiger partial charge in [-0.25, -0.2) is 0 Å². The molecule has 3 nitrogen and oxygen atoms in total. The summed E-state index contributed by atoms with van der Waals surface area (Å²) in [6.07, 6.45) is 3.58. The molecule has 0 saturated carbocycles. The number of hydrogen-bond donors (Lipinski definition) is 1. The highest BCUT2D eigenvalue weighted by molar-refractivity contribution is 7.80. The van der Waals surface area contributed by atoms with E-state index >= 15 is 0 Å². The number of anilines is 1. The molecule has 1 aromatic heterocycles. The summed E-state index contributed by atoms with van der Waals surface area (Å²) in [6, 6.07) is 9.78. The largest absolute Gasteiger partial charge is 0.345 e. The monoisotopic (exact) mass is 319 g/mol. The van der Waals surface area contributed by atoms with Crippen LogP contribution in [0.25, 0.3) is 0 Å². The predicted molar refractivity (Wildman–Crippen MR) is 92.7 cm³/mol. The predicted octanol–water partition coefficient (Wildman–Crippen LogP) is 4.26. The summed E-state index contributed by atoms with van der Waals surface area (Å²) >= 11 is 11.7. The number of halogens is 1. The first-order valence-electron chi connectivity index (χ1n) is 6.81. The molecule has 0 aliphatic heterocycles. The SMILES string of the molecule is CCN(Cc1ccncc1)C(=S)Nc1c(C)cccc1Cl. The summed E-state index contributed by atoms with van der Waals surface area (Å²) in [7, 11) is 0. The van der Waals surface area contributed by atoms with Gasteiger partial charge in [0.2, 0.25) is 0 Å². The average molecular weight is 320 g/mol. The maximum atomic E-state index is 6.23. The van der Waals surface area contributed by atoms with E-state index in [-0.39, 0.29) is 0 Å². The number of benzene rings is 1. The van der Waals surface area contributed by atoms with Crippen LogP contribution in [0.1, 0.15) is 18.1 Å². The summed E-state index contributed by atoms with van der Waals surface area (Å²) in [5.74, 6) is 0. The minimum absolute atomic E-state index is 0.672. The van der Waals surface area contributed by atoms with Gasteiger partial charge in [0.1, 0.15) is 0 Å². The van der Waals surface area contributed by atoms with Crippen LogP contribution in [-0.2, 0) is 6.54 Å². The lowest BCUT2D eigenvalue weighted by molar-refractivity contribution is 0.442. The van der Waals surface area contributed by atoms with Crippen molar-refractivity contribution in [2.24, 2.45) is 0 Å². The molecule has 2 aromatic rings. The zero-order chi connectivity index (χ0) is 15.2. The Morgan fingerprint density at radius 2 is 2.00 bits per heavy atom. The van der Waals surface area contributed by atoms with E-state index in [1.165, 1.54) is 5.56 Å². The third-order valence-electron chi connectivity index (χ3n) is 3.25. The van der Waals surface area contributed by atoms with E-state index in [4.69, 9.17) is 23.8 Å². The number of rotatable bonds is 4. The van der Waals surface area contributed by atoms with Gasteiger partial charge in [-0.05, 0) is 55.4 Å². The molecular weight excluding hydrogens is 302 g/mol. The van der Waals surface area contributed by atoms with Crippen LogP contribution in [0.15, 0.2) is 42.7 Å². The van der Waals surface area contributed by atoms with Crippen LogP contribution in [0.5, 0.6) is 0 Å². The zero-order valence-corrected chi connectivity index (χ0v) is 13.7. The second-order valence-electron chi connectivity index (χ2n) is 4.73. The average Bonchev–Trinajstić information content (AvgIpc) is 2.49. The van der Waals surface area contributed by atoms with E-state index in [0.717, 1.165) is 24.3 Å². The molecule has 0 saturated heterocycles. The van der Waals surface area contributed by atoms with Gasteiger partial charge < -0.3 is 10.2 Å². The Kier molecular flexibility index (Phi) is 5.53. The van der Waals surface area contributed by atoms with Crippen LogP contribution >= 0.6 is 23.8 Å². The van der Waals surface area contributed by atoms with Crippen molar-refractivity contribution >= 4 is 34.6 Å². The summed E-state index contributed by atoms with van der Waals surface area (Å²) in [5.41, 5.74) is 3.12. The van der Waals surface area contributed by atoms with Crippen molar-refractivity contribution < 1.29 is 0 Å². The quantitative estimate of drug-likeness (QED) is 0.852. The third-order valence-corrected chi connectivity index (χ3v) is 3.92. The molecule has 0 aliphatic rings. The second kappa shape index (κ2) is 7.38. The van der Waals surface area contributed by atoms with Gasteiger partial charge in [0.05, 0.1) is 10.7 Å². The summed E-state index contributed by atoms with van der Waals surface area (Å²) in [5, 5.41) is 4.61. The number of para-hydroxylation sites is 1. The fourth-order valence-corrected chi connectivity index (χ4v) is 2.58. The molecule has 0 amide bonds. The topological polar surface area (TPSA) is 28.2 Å². The molecule has 0 unspecified atom stereocenters. The van der Waals surface area contributed by atoms with Crippen LogP contribution < -0.4 is 5.32 Å². The van der Waals surface area contributed by atoms with E-state index in [1.54, 1.807) is 12.4 Å². The minimum Gasteiger partial charge on any atom is -0.345 e. The Bertz CT molecular complexity index is 596. The van der Waals surface area contributed by atoms with Crippen molar-refractivity contribution in [3.05, 3.63) is 58.9 Å². The van der Waals surface area contributed by atoms with Crippen LogP contribution in [0.2, 0.25) is 5.02 Å². The first kappa shape index (κ1) is 15.7. The molecule has 0 atom stereocenters. The highest BCUT2D eigenvalue weighted by atomic mass is 35.5. The van der Waals surface area contributed by atoms with Gasteiger partial charge >= 0.3 is 0 Å². The highest BCUT2D eigenvalue weighted by Gasteiger charge is 2.11. The van der Waals surface area contributed by atoms with E-state index in [9.17, 15) is 0 Å². The molecule has 110 valence electrons. The van der Waals surface area contributed by atoms with E-state index < -0.39 is 0 Å². The third kappa shape index (κ3) is 4.16. The molecule has 5 heteroatoms. The normalized spacial score (nSPS) is 10.2. The molecule has 0 radical (unpaired) electrons. The Labute approximate surface area is 136 Å². The Morgan fingerprint density at radius 3 is 2.62 bits per heavy atom. The molecule has 1 heterocycles. The summed E-state index contributed by atoms with van der Waals surface area (Å²) in [4.78, 5) is 6.12. The maximum Gasteiger partial charge on any atom is 0.173 e. The Morgan fingerprint density at radius 1 is 1.29 bits per heavy atom. The first-order chi connectivity index (χ1) is 10.1. The minimum atomic E-state index is 0.672. The molecule has 0 fully saturated rings. The smallest absolute Gasteiger partial charge is 0.173 e. The number of aromatic nitrogens is 1. The van der Waals surface area contributed by atoms with E-state index in [0.29, 0.717) is 10.1 Å². The Hall–Kier alpha value is -1.65. The van der Waals surface area contributed by atoms with Crippen molar-refractivity contribution in [3.8, 4) is 0 Å². The van der Waals surface area contributed by atoms with Crippen molar-refractivity contribution in [3.63, 3.8) is 0 Å². The second-order valence-corrected chi connectivity index (χ2v) is 5.53.